The molecule has 1 rings (SSSR count). The fraction of sp³-hybridized carbons (Fsp3) is 0.647. The molecule has 19 heavy (non-hydrogen) atoms. The lowest BCUT2D eigenvalue weighted by atomic mass is 9.84. The summed E-state index contributed by atoms with van der Waals surface area (Å²) in [5.41, 5.74) is 10.2. The van der Waals surface area contributed by atoms with Crippen LogP contribution in [0.4, 0.5) is 0 Å². The molecule has 108 valence electrons. The Morgan fingerprint density at radius 3 is 2.26 bits per heavy atom. The van der Waals surface area contributed by atoms with Gasteiger partial charge in [-0.2, -0.15) is 0 Å². The minimum Gasteiger partial charge on any atom is -0.328 e. The van der Waals surface area contributed by atoms with Crippen molar-refractivity contribution in [1.29, 1.82) is 0 Å². The molecule has 0 bridgehead atoms. The summed E-state index contributed by atoms with van der Waals surface area (Å²) in [6.07, 6.45) is 2.13. The van der Waals surface area contributed by atoms with E-state index in [1.165, 1.54) is 16.7 Å². The van der Waals surface area contributed by atoms with Gasteiger partial charge in [0.25, 0.3) is 0 Å². The summed E-state index contributed by atoms with van der Waals surface area (Å²) in [5.74, 6) is 0. The van der Waals surface area contributed by atoms with Crippen LogP contribution in [-0.4, -0.2) is 13.1 Å². The van der Waals surface area contributed by atoms with Gasteiger partial charge in [-0.3, -0.25) is 0 Å². The van der Waals surface area contributed by atoms with Crippen LogP contribution >= 0.6 is 0 Å². The molecular formula is C17H30N2. The first-order valence-corrected chi connectivity index (χ1v) is 7.29. The Bertz CT molecular complexity index is 402. The maximum absolute atomic E-state index is 5.86. The van der Waals surface area contributed by atoms with E-state index in [0.717, 1.165) is 12.8 Å². The summed E-state index contributed by atoms with van der Waals surface area (Å²) >= 11 is 0. The van der Waals surface area contributed by atoms with E-state index in [0.29, 0.717) is 6.04 Å². The van der Waals surface area contributed by atoms with Crippen LogP contribution in [0.3, 0.4) is 0 Å². The molecule has 0 aromatic heterocycles. The van der Waals surface area contributed by atoms with Crippen LogP contribution in [0.25, 0.3) is 0 Å². The zero-order chi connectivity index (χ0) is 14.6. The topological polar surface area (TPSA) is 38.0 Å². The summed E-state index contributed by atoms with van der Waals surface area (Å²) < 4.78 is 0. The van der Waals surface area contributed by atoms with E-state index in [9.17, 15) is 0 Å². The van der Waals surface area contributed by atoms with Gasteiger partial charge in [-0.15, -0.1) is 0 Å². The van der Waals surface area contributed by atoms with Crippen LogP contribution in [0.5, 0.6) is 0 Å². The molecule has 0 saturated heterocycles. The highest BCUT2D eigenvalue weighted by Gasteiger charge is 2.17. The monoisotopic (exact) mass is 262 g/mol. The van der Waals surface area contributed by atoms with Crippen LogP contribution in [0, 0.1) is 6.92 Å². The molecule has 0 aliphatic carbocycles. The van der Waals surface area contributed by atoms with Crippen LogP contribution in [-0.2, 0) is 5.41 Å². The molecule has 2 heteroatoms. The number of benzene rings is 1. The van der Waals surface area contributed by atoms with Crippen molar-refractivity contribution >= 4 is 0 Å². The zero-order valence-corrected chi connectivity index (χ0v) is 13.4. The Morgan fingerprint density at radius 1 is 1.21 bits per heavy atom. The number of nitrogens with two attached hydrogens (primary N) is 1. The average molecular weight is 262 g/mol. The summed E-state index contributed by atoms with van der Waals surface area (Å²) in [6, 6.07) is 7.53. The van der Waals surface area contributed by atoms with Gasteiger partial charge >= 0.3 is 0 Å². The highest BCUT2D eigenvalue weighted by atomic mass is 14.9. The summed E-state index contributed by atoms with van der Waals surface area (Å²) in [4.78, 5) is 0. The van der Waals surface area contributed by atoms with Crippen LogP contribution < -0.4 is 11.1 Å². The SMILES string of the molecule is CNC(CCC(C)N)c1ccc(C(C)(C)C)cc1C. The van der Waals surface area contributed by atoms with Gasteiger partial charge in [-0.25, -0.2) is 0 Å². The molecule has 1 aromatic rings. The highest BCUT2D eigenvalue weighted by Crippen LogP contribution is 2.28. The fourth-order valence-electron chi connectivity index (χ4n) is 2.42. The number of hydrogen-bond acceptors (Lipinski definition) is 2. The van der Waals surface area contributed by atoms with E-state index in [-0.39, 0.29) is 11.5 Å². The Balaban J connectivity index is 2.93. The first kappa shape index (κ1) is 16.2. The van der Waals surface area contributed by atoms with E-state index < -0.39 is 0 Å². The van der Waals surface area contributed by atoms with Crippen LogP contribution in [0.2, 0.25) is 0 Å². The second kappa shape index (κ2) is 6.53. The number of nitrogens with one attached hydrogen (secondary N) is 1. The summed E-state index contributed by atoms with van der Waals surface area (Å²) in [6.45, 7) is 11.1. The molecule has 3 N–H and O–H groups in total. The maximum atomic E-state index is 5.86. The van der Waals surface area contributed by atoms with E-state index in [2.05, 4.69) is 58.1 Å². The predicted octanol–water partition coefficient (Wildman–Crippen LogP) is 3.68. The van der Waals surface area contributed by atoms with Gasteiger partial charge in [0.15, 0.2) is 0 Å². The second-order valence-corrected chi connectivity index (χ2v) is 6.72. The summed E-state index contributed by atoms with van der Waals surface area (Å²) in [7, 11) is 2.03. The van der Waals surface area contributed by atoms with E-state index in [4.69, 9.17) is 5.73 Å². The molecule has 0 saturated carbocycles. The van der Waals surface area contributed by atoms with Crippen molar-refractivity contribution in [2.24, 2.45) is 5.73 Å². The smallest absolute Gasteiger partial charge is 0.0320 e. The molecule has 0 spiro atoms. The van der Waals surface area contributed by atoms with Crippen molar-refractivity contribution in [3.63, 3.8) is 0 Å². The van der Waals surface area contributed by atoms with Crippen molar-refractivity contribution in [1.82, 2.24) is 5.32 Å². The third-order valence-corrected chi connectivity index (χ3v) is 3.77. The standard InChI is InChI=1S/C17H30N2/c1-12-11-14(17(3,4)5)8-9-15(12)16(19-6)10-7-13(2)18/h8-9,11,13,16,19H,7,10,18H2,1-6H3. The van der Waals surface area contributed by atoms with Crippen molar-refractivity contribution in [3.8, 4) is 0 Å². The largest absolute Gasteiger partial charge is 0.328 e. The quantitative estimate of drug-likeness (QED) is 0.849. The van der Waals surface area contributed by atoms with E-state index >= 15 is 0 Å². The minimum absolute atomic E-state index is 0.213. The lowest BCUT2D eigenvalue weighted by Crippen LogP contribution is -2.22. The normalized spacial score (nSPS) is 15.3. The molecule has 0 aliphatic heterocycles. The molecule has 2 nitrogen and oxygen atoms in total. The Morgan fingerprint density at radius 2 is 1.84 bits per heavy atom. The number of hydrogen-bond donors (Lipinski definition) is 2. The third-order valence-electron chi connectivity index (χ3n) is 3.77. The van der Waals surface area contributed by atoms with Crippen molar-refractivity contribution < 1.29 is 0 Å². The van der Waals surface area contributed by atoms with Gasteiger partial charge in [-0.1, -0.05) is 39.0 Å². The van der Waals surface area contributed by atoms with E-state index in [1.807, 2.05) is 7.05 Å². The van der Waals surface area contributed by atoms with Gasteiger partial charge in [0.1, 0.15) is 0 Å². The lowest BCUT2D eigenvalue weighted by Gasteiger charge is -2.24. The number of aryl methyl sites for hydroxylation is 1. The van der Waals surface area contributed by atoms with Gasteiger partial charge in [0.05, 0.1) is 0 Å². The Hall–Kier alpha value is -0.860. The molecule has 0 fully saturated rings. The van der Waals surface area contributed by atoms with Crippen LogP contribution in [0.1, 0.15) is 63.3 Å². The third kappa shape index (κ3) is 4.63. The van der Waals surface area contributed by atoms with E-state index in [1.54, 1.807) is 0 Å². The van der Waals surface area contributed by atoms with Gasteiger partial charge in [0.2, 0.25) is 0 Å². The molecule has 0 aliphatic rings. The molecule has 2 unspecified atom stereocenters. The van der Waals surface area contributed by atoms with Gasteiger partial charge in [0, 0.05) is 12.1 Å². The molecule has 1 aromatic carbocycles. The maximum Gasteiger partial charge on any atom is 0.0320 e. The molecule has 2 atom stereocenters. The van der Waals surface area contributed by atoms with Crippen molar-refractivity contribution in [2.75, 3.05) is 7.05 Å². The number of rotatable bonds is 5. The van der Waals surface area contributed by atoms with Crippen molar-refractivity contribution in [2.45, 2.75) is 65.0 Å². The van der Waals surface area contributed by atoms with Crippen molar-refractivity contribution in [3.05, 3.63) is 34.9 Å². The lowest BCUT2D eigenvalue weighted by molar-refractivity contribution is 0.494. The highest BCUT2D eigenvalue weighted by molar-refractivity contribution is 5.36. The predicted molar refractivity (Wildman–Crippen MR) is 84.6 cm³/mol. The van der Waals surface area contributed by atoms with Crippen LogP contribution in [0.15, 0.2) is 18.2 Å². The molecular weight excluding hydrogens is 232 g/mol. The molecule has 0 radical (unpaired) electrons. The average Bonchev–Trinajstić information content (AvgIpc) is 2.29. The second-order valence-electron chi connectivity index (χ2n) is 6.72. The minimum atomic E-state index is 0.213. The summed E-state index contributed by atoms with van der Waals surface area (Å²) in [5, 5.41) is 3.42. The van der Waals surface area contributed by atoms with Gasteiger partial charge < -0.3 is 11.1 Å². The first-order chi connectivity index (χ1) is 8.75. The zero-order valence-electron chi connectivity index (χ0n) is 13.4. The fourth-order valence-corrected chi connectivity index (χ4v) is 2.42. The first-order valence-electron chi connectivity index (χ1n) is 7.29. The Kier molecular flexibility index (Phi) is 5.57. The Labute approximate surface area is 118 Å². The molecule has 0 amide bonds. The molecule has 0 heterocycles. The van der Waals surface area contributed by atoms with Gasteiger partial charge in [-0.05, 0) is 55.8 Å².